The van der Waals surface area contributed by atoms with E-state index in [1.807, 2.05) is 6.07 Å². The molecule has 0 aliphatic heterocycles. The summed E-state index contributed by atoms with van der Waals surface area (Å²) in [5.41, 5.74) is 1.03. The Hall–Kier alpha value is -1.09. The number of ether oxygens (including phenoxy) is 1. The van der Waals surface area contributed by atoms with Gasteiger partial charge in [-0.15, -0.1) is 0 Å². The van der Waals surface area contributed by atoms with Crippen LogP contribution in [0.5, 0.6) is 5.75 Å². The highest BCUT2D eigenvalue weighted by atomic mass is 19.1. The van der Waals surface area contributed by atoms with Gasteiger partial charge in [0.1, 0.15) is 11.6 Å². The molecule has 0 bridgehead atoms. The maximum absolute atomic E-state index is 13.4. The Morgan fingerprint density at radius 2 is 1.90 bits per heavy atom. The van der Waals surface area contributed by atoms with Gasteiger partial charge >= 0.3 is 0 Å². The molecule has 0 fully saturated rings. The summed E-state index contributed by atoms with van der Waals surface area (Å²) in [5.74, 6) is 0.437. The van der Waals surface area contributed by atoms with Gasteiger partial charge in [0, 0.05) is 17.7 Å². The molecule has 1 aromatic rings. The molecule has 0 heterocycles. The second-order valence-corrected chi connectivity index (χ2v) is 5.22. The number of nitrogens with one attached hydrogen (secondary N) is 1. The third-order valence-corrected chi connectivity index (χ3v) is 3.46. The van der Waals surface area contributed by atoms with Gasteiger partial charge in [0.15, 0.2) is 0 Å². The lowest BCUT2D eigenvalue weighted by Gasteiger charge is -2.17. The van der Waals surface area contributed by atoms with Crippen LogP contribution in [0, 0.1) is 5.82 Å². The van der Waals surface area contributed by atoms with Gasteiger partial charge in [0.05, 0.1) is 6.61 Å². The number of rotatable bonds is 10. The van der Waals surface area contributed by atoms with Crippen LogP contribution in [0.25, 0.3) is 0 Å². The minimum absolute atomic E-state index is 0.177. The molecular weight excluding hydrogens is 253 g/mol. The van der Waals surface area contributed by atoms with Gasteiger partial charge in [0.2, 0.25) is 0 Å². The molecule has 0 aliphatic carbocycles. The number of unbranched alkanes of at least 4 members (excludes halogenated alkanes) is 4. The highest BCUT2D eigenvalue weighted by Gasteiger charge is 2.11. The average molecular weight is 281 g/mol. The average Bonchev–Trinajstić information content (AvgIpc) is 2.43. The zero-order valence-corrected chi connectivity index (χ0v) is 13.0. The Morgan fingerprint density at radius 3 is 2.60 bits per heavy atom. The molecule has 114 valence electrons. The van der Waals surface area contributed by atoms with Crippen molar-refractivity contribution >= 4 is 0 Å². The minimum atomic E-state index is -0.238. The van der Waals surface area contributed by atoms with Crippen molar-refractivity contribution in [2.45, 2.75) is 58.9 Å². The lowest BCUT2D eigenvalue weighted by molar-refractivity contribution is 0.297. The number of halogens is 1. The first-order chi connectivity index (χ1) is 9.69. The van der Waals surface area contributed by atoms with Crippen LogP contribution in [0.2, 0.25) is 0 Å². The van der Waals surface area contributed by atoms with Crippen molar-refractivity contribution in [3.05, 3.63) is 29.6 Å². The highest BCUT2D eigenvalue weighted by molar-refractivity contribution is 5.36. The lowest BCUT2D eigenvalue weighted by Crippen LogP contribution is -2.18. The molecule has 0 radical (unpaired) electrons. The highest BCUT2D eigenvalue weighted by Crippen LogP contribution is 2.26. The summed E-state index contributed by atoms with van der Waals surface area (Å²) in [4.78, 5) is 0. The number of benzene rings is 1. The normalized spacial score (nSPS) is 12.4. The summed E-state index contributed by atoms with van der Waals surface area (Å²) in [7, 11) is 0. The SMILES string of the molecule is CCCCCCCOc1cc(F)ccc1C(C)NCC. The van der Waals surface area contributed by atoms with Crippen molar-refractivity contribution in [1.82, 2.24) is 5.32 Å². The maximum Gasteiger partial charge on any atom is 0.126 e. The summed E-state index contributed by atoms with van der Waals surface area (Å²) in [6, 6.07) is 4.98. The van der Waals surface area contributed by atoms with Gasteiger partial charge in [-0.05, 0) is 26.0 Å². The largest absolute Gasteiger partial charge is 0.493 e. The number of hydrogen-bond acceptors (Lipinski definition) is 2. The summed E-state index contributed by atoms with van der Waals surface area (Å²) in [6.45, 7) is 7.89. The zero-order valence-electron chi connectivity index (χ0n) is 13.0. The molecule has 1 aromatic carbocycles. The minimum Gasteiger partial charge on any atom is -0.493 e. The van der Waals surface area contributed by atoms with E-state index in [1.165, 1.54) is 37.8 Å². The number of hydrogen-bond donors (Lipinski definition) is 1. The summed E-state index contributed by atoms with van der Waals surface area (Å²) in [5, 5.41) is 3.34. The standard InChI is InChI=1S/C17H28FNO/c1-4-6-7-8-9-12-20-17-13-15(18)10-11-16(17)14(3)19-5-2/h10-11,13-14,19H,4-9,12H2,1-3H3. The van der Waals surface area contributed by atoms with E-state index in [4.69, 9.17) is 4.74 Å². The van der Waals surface area contributed by atoms with Crippen molar-refractivity contribution in [2.24, 2.45) is 0 Å². The molecular formula is C17H28FNO. The third-order valence-electron chi connectivity index (χ3n) is 3.46. The summed E-state index contributed by atoms with van der Waals surface area (Å²) in [6.07, 6.45) is 5.99. The molecule has 0 aromatic heterocycles. The van der Waals surface area contributed by atoms with Crippen LogP contribution in [-0.4, -0.2) is 13.2 Å². The fraction of sp³-hybridized carbons (Fsp3) is 0.647. The molecule has 2 nitrogen and oxygen atoms in total. The quantitative estimate of drug-likeness (QED) is 0.619. The third kappa shape index (κ3) is 5.91. The summed E-state index contributed by atoms with van der Waals surface area (Å²) < 4.78 is 19.2. The molecule has 3 heteroatoms. The van der Waals surface area contributed by atoms with Crippen LogP contribution in [-0.2, 0) is 0 Å². The van der Waals surface area contributed by atoms with Crippen molar-refractivity contribution < 1.29 is 9.13 Å². The van der Waals surface area contributed by atoms with E-state index in [-0.39, 0.29) is 11.9 Å². The smallest absolute Gasteiger partial charge is 0.126 e. The van der Waals surface area contributed by atoms with E-state index in [0.717, 1.165) is 18.5 Å². The summed E-state index contributed by atoms with van der Waals surface area (Å²) >= 11 is 0. The Morgan fingerprint density at radius 1 is 1.15 bits per heavy atom. The van der Waals surface area contributed by atoms with Crippen LogP contribution < -0.4 is 10.1 Å². The predicted octanol–water partition coefficient (Wildman–Crippen LogP) is 4.85. The van der Waals surface area contributed by atoms with Crippen molar-refractivity contribution in [3.8, 4) is 5.75 Å². The van der Waals surface area contributed by atoms with Crippen LogP contribution in [0.1, 0.15) is 64.5 Å². The van der Waals surface area contributed by atoms with Crippen LogP contribution >= 0.6 is 0 Å². The van der Waals surface area contributed by atoms with Crippen molar-refractivity contribution in [3.63, 3.8) is 0 Å². The lowest BCUT2D eigenvalue weighted by atomic mass is 10.1. The van der Waals surface area contributed by atoms with E-state index >= 15 is 0 Å². The molecule has 1 unspecified atom stereocenters. The van der Waals surface area contributed by atoms with Gasteiger partial charge in [-0.3, -0.25) is 0 Å². The van der Waals surface area contributed by atoms with Crippen LogP contribution in [0.3, 0.4) is 0 Å². The van der Waals surface area contributed by atoms with E-state index in [2.05, 4.69) is 26.1 Å². The fourth-order valence-electron chi connectivity index (χ4n) is 2.29. The van der Waals surface area contributed by atoms with Gasteiger partial charge in [0.25, 0.3) is 0 Å². The molecule has 20 heavy (non-hydrogen) atoms. The first-order valence-electron chi connectivity index (χ1n) is 7.84. The van der Waals surface area contributed by atoms with Crippen LogP contribution in [0.15, 0.2) is 18.2 Å². The second-order valence-electron chi connectivity index (χ2n) is 5.22. The topological polar surface area (TPSA) is 21.3 Å². The molecule has 0 spiro atoms. The molecule has 0 aliphatic rings. The first kappa shape index (κ1) is 17.0. The Bertz CT molecular complexity index is 381. The van der Waals surface area contributed by atoms with Gasteiger partial charge in [-0.2, -0.15) is 0 Å². The fourth-order valence-corrected chi connectivity index (χ4v) is 2.29. The first-order valence-corrected chi connectivity index (χ1v) is 7.84. The van der Waals surface area contributed by atoms with Gasteiger partial charge in [-0.25, -0.2) is 4.39 Å². The second kappa shape index (κ2) is 9.76. The van der Waals surface area contributed by atoms with E-state index in [0.29, 0.717) is 12.4 Å². The van der Waals surface area contributed by atoms with Crippen molar-refractivity contribution in [1.29, 1.82) is 0 Å². The van der Waals surface area contributed by atoms with E-state index in [1.54, 1.807) is 0 Å². The van der Waals surface area contributed by atoms with Crippen LogP contribution in [0.4, 0.5) is 4.39 Å². The molecule has 1 N–H and O–H groups in total. The Kier molecular flexibility index (Phi) is 8.28. The van der Waals surface area contributed by atoms with Gasteiger partial charge in [-0.1, -0.05) is 45.6 Å². The van der Waals surface area contributed by atoms with Gasteiger partial charge < -0.3 is 10.1 Å². The monoisotopic (exact) mass is 281 g/mol. The molecule has 1 atom stereocenters. The zero-order chi connectivity index (χ0) is 14.8. The predicted molar refractivity (Wildman–Crippen MR) is 82.7 cm³/mol. The molecule has 0 amide bonds. The molecule has 0 saturated heterocycles. The van der Waals surface area contributed by atoms with Crippen molar-refractivity contribution in [2.75, 3.05) is 13.2 Å². The van der Waals surface area contributed by atoms with E-state index < -0.39 is 0 Å². The Balaban J connectivity index is 2.52. The maximum atomic E-state index is 13.4. The molecule has 0 saturated carbocycles. The molecule has 1 rings (SSSR count). The Labute approximate surface area is 122 Å². The van der Waals surface area contributed by atoms with E-state index in [9.17, 15) is 4.39 Å².